The molecule has 0 heterocycles. The second kappa shape index (κ2) is 9.75. The zero-order valence-corrected chi connectivity index (χ0v) is 14.5. The summed E-state index contributed by atoms with van der Waals surface area (Å²) in [4.78, 5) is 12.4. The summed E-state index contributed by atoms with van der Waals surface area (Å²) >= 11 is 0. The molecule has 0 saturated heterocycles. The monoisotopic (exact) mass is 317 g/mol. The maximum absolute atomic E-state index is 12.4. The number of hydrogen-bond acceptors (Lipinski definition) is 3. The van der Waals surface area contributed by atoms with Crippen molar-refractivity contribution in [3.8, 4) is 6.07 Å². The van der Waals surface area contributed by atoms with Gasteiger partial charge in [0, 0.05) is 6.08 Å². The lowest BCUT2D eigenvalue weighted by Gasteiger charge is -2.31. The molecule has 0 aliphatic heterocycles. The minimum Gasteiger partial charge on any atom is -0.462 e. The van der Waals surface area contributed by atoms with Gasteiger partial charge in [-0.1, -0.05) is 32.3 Å². The molecule has 0 bridgehead atoms. The van der Waals surface area contributed by atoms with Gasteiger partial charge in [-0.25, -0.2) is 0 Å². The molecule has 0 unspecified atom stereocenters. The van der Waals surface area contributed by atoms with Gasteiger partial charge in [0.05, 0.1) is 12.0 Å². The van der Waals surface area contributed by atoms with Crippen LogP contribution in [0.25, 0.3) is 0 Å². The number of esters is 1. The summed E-state index contributed by atoms with van der Waals surface area (Å²) in [6.07, 6.45) is 16.0. The van der Waals surface area contributed by atoms with E-state index in [4.69, 9.17) is 10.00 Å². The number of nitrogens with zero attached hydrogens (tertiary/aromatic N) is 1. The van der Waals surface area contributed by atoms with Crippen LogP contribution in [0, 0.1) is 29.1 Å². The highest BCUT2D eigenvalue weighted by Crippen LogP contribution is 2.34. The molecule has 2 aliphatic rings. The van der Waals surface area contributed by atoms with Crippen LogP contribution in [0.1, 0.15) is 77.6 Å². The first-order chi connectivity index (χ1) is 11.2. The number of nitriles is 1. The maximum Gasteiger partial charge on any atom is 0.309 e. The molecule has 0 radical (unpaired) electrons. The van der Waals surface area contributed by atoms with Crippen LogP contribution in [0.3, 0.4) is 0 Å². The number of carbonyl (C=O) groups excluding carboxylic acids is 1. The summed E-state index contributed by atoms with van der Waals surface area (Å²) in [6.45, 7) is 2.24. The van der Waals surface area contributed by atoms with Crippen molar-refractivity contribution in [2.45, 2.75) is 83.7 Å². The Morgan fingerprint density at radius 3 is 2.43 bits per heavy atom. The third kappa shape index (κ3) is 6.01. The average Bonchev–Trinajstić information content (AvgIpc) is 2.59. The van der Waals surface area contributed by atoms with Crippen molar-refractivity contribution in [2.24, 2.45) is 17.8 Å². The molecule has 0 aromatic carbocycles. The molecular weight excluding hydrogens is 286 g/mol. The van der Waals surface area contributed by atoms with Crippen molar-refractivity contribution in [1.82, 2.24) is 0 Å². The molecule has 128 valence electrons. The second-order valence-corrected chi connectivity index (χ2v) is 7.32. The largest absolute Gasteiger partial charge is 0.462 e. The van der Waals surface area contributed by atoms with Crippen LogP contribution in [-0.4, -0.2) is 12.1 Å². The third-order valence-electron chi connectivity index (χ3n) is 5.59. The molecule has 0 N–H and O–H groups in total. The predicted molar refractivity (Wildman–Crippen MR) is 91.6 cm³/mol. The third-order valence-corrected chi connectivity index (χ3v) is 5.59. The number of rotatable bonds is 6. The molecule has 23 heavy (non-hydrogen) atoms. The van der Waals surface area contributed by atoms with Crippen molar-refractivity contribution in [2.75, 3.05) is 0 Å². The fraction of sp³-hybridized carbons (Fsp3) is 0.800. The molecular formula is C20H31NO2. The Hall–Kier alpha value is -1.30. The van der Waals surface area contributed by atoms with E-state index in [0.717, 1.165) is 44.4 Å². The molecule has 0 amide bonds. The van der Waals surface area contributed by atoms with Crippen LogP contribution in [0.15, 0.2) is 12.2 Å². The van der Waals surface area contributed by atoms with Crippen molar-refractivity contribution in [3.63, 3.8) is 0 Å². The van der Waals surface area contributed by atoms with E-state index in [0.29, 0.717) is 5.92 Å². The summed E-state index contributed by atoms with van der Waals surface area (Å²) in [6, 6.07) is 2.05. The standard InChI is InChI=1S/C20H31NO2/c1-2-3-5-16-7-11-18(12-8-16)20(22)23-19-13-9-17(10-14-19)6-4-15-21/h4,6,16-19H,2-3,5,7-14H2,1H3. The lowest BCUT2D eigenvalue weighted by Crippen LogP contribution is -2.29. The molecule has 2 fully saturated rings. The fourth-order valence-electron chi connectivity index (χ4n) is 4.02. The minimum absolute atomic E-state index is 0.0509. The van der Waals surface area contributed by atoms with Gasteiger partial charge in [-0.05, 0) is 63.2 Å². The molecule has 2 rings (SSSR count). The molecule has 3 nitrogen and oxygen atoms in total. The van der Waals surface area contributed by atoms with Gasteiger partial charge in [0.25, 0.3) is 0 Å². The van der Waals surface area contributed by atoms with E-state index in [1.54, 1.807) is 6.08 Å². The van der Waals surface area contributed by atoms with Gasteiger partial charge < -0.3 is 4.74 Å². The number of allylic oxidation sites excluding steroid dienone is 2. The first kappa shape index (κ1) is 18.0. The van der Waals surface area contributed by atoms with E-state index in [2.05, 4.69) is 13.0 Å². The fourth-order valence-corrected chi connectivity index (χ4v) is 4.02. The van der Waals surface area contributed by atoms with Gasteiger partial charge in [0.1, 0.15) is 6.10 Å². The number of hydrogen-bond donors (Lipinski definition) is 0. The van der Waals surface area contributed by atoms with Crippen LogP contribution in [0.2, 0.25) is 0 Å². The summed E-state index contributed by atoms with van der Waals surface area (Å²) in [5.41, 5.74) is 0. The topological polar surface area (TPSA) is 50.1 Å². The molecule has 2 saturated carbocycles. The Morgan fingerprint density at radius 1 is 1.13 bits per heavy atom. The highest BCUT2D eigenvalue weighted by atomic mass is 16.5. The van der Waals surface area contributed by atoms with Crippen LogP contribution in [-0.2, 0) is 9.53 Å². The van der Waals surface area contributed by atoms with Crippen molar-refractivity contribution < 1.29 is 9.53 Å². The summed E-state index contributed by atoms with van der Waals surface area (Å²) in [7, 11) is 0. The van der Waals surface area contributed by atoms with Crippen LogP contribution in [0.5, 0.6) is 0 Å². The van der Waals surface area contributed by atoms with E-state index < -0.39 is 0 Å². The smallest absolute Gasteiger partial charge is 0.309 e. The SMILES string of the molecule is CCCCC1CCC(C(=O)OC2CCC(C=CC#N)CC2)CC1. The summed E-state index contributed by atoms with van der Waals surface area (Å²) in [5, 5.41) is 8.57. The molecule has 0 atom stereocenters. The minimum atomic E-state index is 0.0509. The summed E-state index contributed by atoms with van der Waals surface area (Å²) < 4.78 is 5.77. The van der Waals surface area contributed by atoms with Crippen molar-refractivity contribution in [1.29, 1.82) is 5.26 Å². The molecule has 0 aromatic heterocycles. The van der Waals surface area contributed by atoms with E-state index >= 15 is 0 Å². The second-order valence-electron chi connectivity index (χ2n) is 7.32. The predicted octanol–water partition coefficient (Wildman–Crippen LogP) is 5.16. The van der Waals surface area contributed by atoms with E-state index in [9.17, 15) is 4.79 Å². The highest BCUT2D eigenvalue weighted by Gasteiger charge is 2.30. The molecule has 3 heteroatoms. The van der Waals surface area contributed by atoms with Gasteiger partial charge in [-0.15, -0.1) is 0 Å². The van der Waals surface area contributed by atoms with Gasteiger partial charge >= 0.3 is 5.97 Å². The molecule has 2 aliphatic carbocycles. The zero-order chi connectivity index (χ0) is 16.5. The lowest BCUT2D eigenvalue weighted by atomic mass is 9.80. The van der Waals surface area contributed by atoms with E-state index in [1.165, 1.54) is 32.1 Å². The molecule has 0 aromatic rings. The average molecular weight is 317 g/mol. The van der Waals surface area contributed by atoms with Gasteiger partial charge in [0.2, 0.25) is 0 Å². The summed E-state index contributed by atoms with van der Waals surface area (Å²) in [5.74, 6) is 1.51. The zero-order valence-electron chi connectivity index (χ0n) is 14.5. The number of carbonyl (C=O) groups is 1. The van der Waals surface area contributed by atoms with Crippen LogP contribution in [0.4, 0.5) is 0 Å². The Balaban J connectivity index is 1.66. The number of unbranched alkanes of at least 4 members (excludes halogenated alkanes) is 1. The van der Waals surface area contributed by atoms with E-state index in [1.807, 2.05) is 6.08 Å². The van der Waals surface area contributed by atoms with Gasteiger partial charge in [-0.3, -0.25) is 4.79 Å². The molecule has 0 spiro atoms. The van der Waals surface area contributed by atoms with Crippen molar-refractivity contribution >= 4 is 5.97 Å². The van der Waals surface area contributed by atoms with Gasteiger partial charge in [-0.2, -0.15) is 5.26 Å². The Bertz CT molecular complexity index is 421. The Kier molecular flexibility index (Phi) is 7.65. The Morgan fingerprint density at radius 2 is 1.83 bits per heavy atom. The normalized spacial score (nSPS) is 31.7. The highest BCUT2D eigenvalue weighted by molar-refractivity contribution is 5.72. The number of ether oxygens (including phenoxy) is 1. The van der Waals surface area contributed by atoms with Gasteiger partial charge in [0.15, 0.2) is 0 Å². The quantitative estimate of drug-likeness (QED) is 0.502. The Labute approximate surface area is 141 Å². The van der Waals surface area contributed by atoms with Crippen LogP contribution < -0.4 is 0 Å². The van der Waals surface area contributed by atoms with Crippen LogP contribution >= 0.6 is 0 Å². The van der Waals surface area contributed by atoms with Crippen molar-refractivity contribution in [3.05, 3.63) is 12.2 Å². The van der Waals surface area contributed by atoms with E-state index in [-0.39, 0.29) is 18.0 Å². The lowest BCUT2D eigenvalue weighted by molar-refractivity contribution is -0.157. The first-order valence-corrected chi connectivity index (χ1v) is 9.49. The first-order valence-electron chi connectivity index (χ1n) is 9.49. The maximum atomic E-state index is 12.4.